The number of hydrogen-bond acceptors (Lipinski definition) is 6. The Labute approximate surface area is 115 Å². The molecule has 6 nitrogen and oxygen atoms in total. The van der Waals surface area contributed by atoms with Crippen LogP contribution in [-0.4, -0.2) is 76.1 Å². The quantitative estimate of drug-likeness (QED) is 0.622. The summed E-state index contributed by atoms with van der Waals surface area (Å²) in [6.07, 6.45) is 0.129. The van der Waals surface area contributed by atoms with Crippen molar-refractivity contribution in [3.8, 4) is 0 Å². The molecule has 1 N–H and O–H groups in total. The van der Waals surface area contributed by atoms with Crippen molar-refractivity contribution in [1.29, 1.82) is 0 Å². The first-order valence-corrected chi connectivity index (χ1v) is 6.84. The molecule has 1 heterocycles. The van der Waals surface area contributed by atoms with Gasteiger partial charge >= 0.3 is 5.97 Å². The predicted octanol–water partition coefficient (Wildman–Crippen LogP) is -0.127. The Bertz CT molecular complexity index is 263. The Hall–Kier alpha value is -0.690. The van der Waals surface area contributed by atoms with Crippen molar-refractivity contribution in [2.45, 2.75) is 32.1 Å². The maximum absolute atomic E-state index is 11.8. The van der Waals surface area contributed by atoms with Crippen molar-refractivity contribution in [3.63, 3.8) is 0 Å². The van der Waals surface area contributed by atoms with E-state index in [1.165, 1.54) is 0 Å². The highest BCUT2D eigenvalue weighted by atomic mass is 16.5. The third kappa shape index (κ3) is 4.72. The Morgan fingerprint density at radius 2 is 1.84 bits per heavy atom. The molecule has 0 amide bonds. The number of hydrogen-bond donors (Lipinski definition) is 1. The zero-order valence-corrected chi connectivity index (χ0v) is 12.3. The van der Waals surface area contributed by atoms with E-state index in [1.54, 1.807) is 14.2 Å². The second-order valence-corrected chi connectivity index (χ2v) is 4.63. The van der Waals surface area contributed by atoms with E-state index < -0.39 is 0 Å². The van der Waals surface area contributed by atoms with E-state index in [0.717, 1.165) is 19.6 Å². The van der Waals surface area contributed by atoms with Gasteiger partial charge in [0.05, 0.1) is 18.8 Å². The molecule has 0 radical (unpaired) electrons. The number of nitrogens with one attached hydrogen (secondary N) is 1. The first kappa shape index (κ1) is 16.4. The fraction of sp³-hybridized carbons (Fsp3) is 0.923. The van der Waals surface area contributed by atoms with E-state index in [2.05, 4.69) is 10.2 Å². The van der Waals surface area contributed by atoms with Crippen molar-refractivity contribution in [2.75, 3.05) is 47.0 Å². The second-order valence-electron chi connectivity index (χ2n) is 4.63. The monoisotopic (exact) mass is 274 g/mol. The molecule has 1 aliphatic rings. The number of esters is 1. The molecule has 6 heteroatoms. The summed E-state index contributed by atoms with van der Waals surface area (Å²) >= 11 is 0. The molecule has 0 aromatic heterocycles. The van der Waals surface area contributed by atoms with Gasteiger partial charge in [0.2, 0.25) is 0 Å². The van der Waals surface area contributed by atoms with Crippen molar-refractivity contribution in [2.24, 2.45) is 0 Å². The summed E-state index contributed by atoms with van der Waals surface area (Å²) in [4.78, 5) is 14.0. The van der Waals surface area contributed by atoms with Gasteiger partial charge in [0.15, 0.2) is 0 Å². The van der Waals surface area contributed by atoms with Crippen LogP contribution in [0.1, 0.15) is 13.8 Å². The van der Waals surface area contributed by atoms with Gasteiger partial charge in [0.1, 0.15) is 6.04 Å². The zero-order valence-electron chi connectivity index (χ0n) is 12.3. The van der Waals surface area contributed by atoms with Gasteiger partial charge in [-0.15, -0.1) is 0 Å². The Kier molecular flexibility index (Phi) is 7.30. The number of carbonyl (C=O) groups is 1. The molecule has 0 aromatic carbocycles. The highest BCUT2D eigenvalue weighted by Gasteiger charge is 2.35. The number of ether oxygens (including phenoxy) is 3. The number of likely N-dealkylation sites (N-methyl/N-ethyl adjacent to an activating group) is 1. The van der Waals surface area contributed by atoms with Crippen LogP contribution in [0.25, 0.3) is 0 Å². The SMILES string of the molecule is CCNC(CN1CC(OC)C(OC)C1)C(=O)OCC. The summed E-state index contributed by atoms with van der Waals surface area (Å²) in [5.74, 6) is -0.195. The first-order valence-electron chi connectivity index (χ1n) is 6.84. The third-order valence-electron chi connectivity index (χ3n) is 3.36. The van der Waals surface area contributed by atoms with Gasteiger partial charge in [-0.2, -0.15) is 0 Å². The minimum absolute atomic E-state index is 0.0643. The lowest BCUT2D eigenvalue weighted by molar-refractivity contribution is -0.146. The van der Waals surface area contributed by atoms with E-state index in [0.29, 0.717) is 13.2 Å². The van der Waals surface area contributed by atoms with Crippen LogP contribution in [0.4, 0.5) is 0 Å². The lowest BCUT2D eigenvalue weighted by atomic mass is 10.2. The highest BCUT2D eigenvalue weighted by molar-refractivity contribution is 5.76. The van der Waals surface area contributed by atoms with Gasteiger partial charge in [-0.05, 0) is 13.5 Å². The Morgan fingerprint density at radius 3 is 2.26 bits per heavy atom. The Morgan fingerprint density at radius 1 is 1.26 bits per heavy atom. The predicted molar refractivity (Wildman–Crippen MR) is 72.1 cm³/mol. The molecule has 0 saturated carbocycles. The van der Waals surface area contributed by atoms with Gasteiger partial charge in [-0.1, -0.05) is 6.92 Å². The van der Waals surface area contributed by atoms with E-state index >= 15 is 0 Å². The van der Waals surface area contributed by atoms with Crippen molar-refractivity contribution >= 4 is 5.97 Å². The number of rotatable bonds is 8. The highest BCUT2D eigenvalue weighted by Crippen LogP contribution is 2.16. The average molecular weight is 274 g/mol. The number of nitrogens with zero attached hydrogens (tertiary/aromatic N) is 1. The van der Waals surface area contributed by atoms with E-state index in [9.17, 15) is 4.79 Å². The summed E-state index contributed by atoms with van der Waals surface area (Å²) in [6.45, 7) is 7.10. The molecule has 19 heavy (non-hydrogen) atoms. The van der Waals surface area contributed by atoms with Gasteiger partial charge in [0, 0.05) is 33.9 Å². The molecule has 3 atom stereocenters. The van der Waals surface area contributed by atoms with Gasteiger partial charge in [-0.25, -0.2) is 0 Å². The lowest BCUT2D eigenvalue weighted by Gasteiger charge is -2.22. The molecular formula is C13H26N2O4. The largest absolute Gasteiger partial charge is 0.465 e. The summed E-state index contributed by atoms with van der Waals surface area (Å²) in [6, 6.07) is -0.293. The fourth-order valence-corrected chi connectivity index (χ4v) is 2.39. The van der Waals surface area contributed by atoms with E-state index in [1.807, 2.05) is 13.8 Å². The summed E-state index contributed by atoms with van der Waals surface area (Å²) < 4.78 is 15.9. The van der Waals surface area contributed by atoms with Crippen molar-refractivity contribution in [3.05, 3.63) is 0 Å². The summed E-state index contributed by atoms with van der Waals surface area (Å²) in [5, 5.41) is 3.16. The standard InChI is InChI=1S/C13H26N2O4/c1-5-14-10(13(16)19-6-2)7-15-8-11(17-3)12(9-15)18-4/h10-12,14H,5-9H2,1-4H3. The number of carbonyl (C=O) groups excluding carboxylic acids is 1. The molecule has 0 spiro atoms. The van der Waals surface area contributed by atoms with E-state index in [4.69, 9.17) is 14.2 Å². The van der Waals surface area contributed by atoms with Crippen LogP contribution in [0.2, 0.25) is 0 Å². The van der Waals surface area contributed by atoms with Crippen LogP contribution in [-0.2, 0) is 19.0 Å². The first-order chi connectivity index (χ1) is 9.15. The topological polar surface area (TPSA) is 60.0 Å². The zero-order chi connectivity index (χ0) is 14.3. The maximum Gasteiger partial charge on any atom is 0.324 e. The van der Waals surface area contributed by atoms with Gasteiger partial charge in [0.25, 0.3) is 0 Å². The lowest BCUT2D eigenvalue weighted by Crippen LogP contribution is -2.46. The third-order valence-corrected chi connectivity index (χ3v) is 3.36. The molecule has 3 unspecified atom stereocenters. The maximum atomic E-state index is 11.8. The van der Waals surface area contributed by atoms with Crippen LogP contribution in [0.15, 0.2) is 0 Å². The second kappa shape index (κ2) is 8.47. The molecule has 1 saturated heterocycles. The molecular weight excluding hydrogens is 248 g/mol. The van der Waals surface area contributed by atoms with Crippen LogP contribution in [0, 0.1) is 0 Å². The van der Waals surface area contributed by atoms with Crippen molar-refractivity contribution in [1.82, 2.24) is 10.2 Å². The van der Waals surface area contributed by atoms with E-state index in [-0.39, 0.29) is 24.2 Å². The molecule has 0 aliphatic carbocycles. The summed E-state index contributed by atoms with van der Waals surface area (Å²) in [7, 11) is 3.38. The summed E-state index contributed by atoms with van der Waals surface area (Å²) in [5.41, 5.74) is 0. The van der Waals surface area contributed by atoms with Crippen LogP contribution in [0.3, 0.4) is 0 Å². The molecule has 1 rings (SSSR count). The molecule has 0 bridgehead atoms. The molecule has 1 aliphatic heterocycles. The van der Waals surface area contributed by atoms with Crippen LogP contribution in [0.5, 0.6) is 0 Å². The fourth-order valence-electron chi connectivity index (χ4n) is 2.39. The molecule has 112 valence electrons. The Balaban J connectivity index is 2.53. The average Bonchev–Trinajstić information content (AvgIpc) is 2.80. The molecule has 0 aromatic rings. The minimum atomic E-state index is -0.293. The van der Waals surface area contributed by atoms with Gasteiger partial charge in [-0.3, -0.25) is 9.69 Å². The van der Waals surface area contributed by atoms with Crippen LogP contribution >= 0.6 is 0 Å². The van der Waals surface area contributed by atoms with Crippen LogP contribution < -0.4 is 5.32 Å². The number of likely N-dealkylation sites (tertiary alicyclic amines) is 1. The smallest absolute Gasteiger partial charge is 0.324 e. The minimum Gasteiger partial charge on any atom is -0.465 e. The number of methoxy groups -OCH3 is 2. The van der Waals surface area contributed by atoms with Crippen molar-refractivity contribution < 1.29 is 19.0 Å². The molecule has 1 fully saturated rings. The van der Waals surface area contributed by atoms with Gasteiger partial charge < -0.3 is 19.5 Å². The normalized spacial score (nSPS) is 25.5.